The van der Waals surface area contributed by atoms with E-state index in [1.54, 1.807) is 0 Å². The third kappa shape index (κ3) is 12.5. The summed E-state index contributed by atoms with van der Waals surface area (Å²) in [7, 11) is -2.65. The summed E-state index contributed by atoms with van der Waals surface area (Å²) in [5.41, 5.74) is 0. The Hall–Kier alpha value is 1.37. The van der Waals surface area contributed by atoms with Crippen molar-refractivity contribution in [3.05, 3.63) is 0 Å². The fourth-order valence-corrected chi connectivity index (χ4v) is 0.611. The molecule has 0 radical (unpaired) electrons. The van der Waals surface area contributed by atoms with Crippen LogP contribution >= 0.6 is 20.9 Å². The molecule has 0 N–H and O–H groups in total. The third-order valence-corrected chi connectivity index (χ3v) is 1.21. The summed E-state index contributed by atoms with van der Waals surface area (Å²) in [6.45, 7) is 0.252. The van der Waals surface area contributed by atoms with Crippen LogP contribution < -0.4 is 34.5 Å². The smallest absolute Gasteiger partial charge is 0.566 e. The van der Waals surface area contributed by atoms with Gasteiger partial charge in [-0.05, 0) is 16.7 Å². The fraction of sp³-hybridized carbons (Fsp3) is 1.00. The van der Waals surface area contributed by atoms with Crippen molar-refractivity contribution in [2.75, 3.05) is 12.4 Å². The van der Waals surface area contributed by atoms with Gasteiger partial charge in [0.2, 0.25) is 0 Å². The van der Waals surface area contributed by atoms with Crippen LogP contribution in [0.4, 0.5) is 0 Å². The first kappa shape index (κ1) is 13.0. The van der Waals surface area contributed by atoms with Crippen molar-refractivity contribution in [2.24, 2.45) is 0 Å². The van der Waals surface area contributed by atoms with Crippen molar-refractivity contribution in [2.45, 2.75) is 6.42 Å². The second-order valence-electron chi connectivity index (χ2n) is 1.13. The molecule has 0 bridgehead atoms. The Labute approximate surface area is 82.8 Å². The summed E-state index contributed by atoms with van der Waals surface area (Å²) in [6, 6.07) is 0. The molecule has 1 atom stereocenters. The summed E-state index contributed by atoms with van der Waals surface area (Å²) in [6.07, 6.45) is 0.673. The summed E-state index contributed by atoms with van der Waals surface area (Å²) in [4.78, 5) is 9.66. The minimum absolute atomic E-state index is 0. The minimum Gasteiger partial charge on any atom is -0.566 e. The van der Waals surface area contributed by atoms with E-state index in [-0.39, 0.29) is 36.2 Å². The van der Waals surface area contributed by atoms with Gasteiger partial charge in [0, 0.05) is 0 Å². The van der Waals surface area contributed by atoms with Crippen LogP contribution in [0.25, 0.3) is 0 Å². The number of hydrogen-bond acceptors (Lipinski definition) is 4. The molecule has 0 amide bonds. The van der Waals surface area contributed by atoms with Gasteiger partial charge in [0.15, 0.2) is 0 Å². The zero-order valence-electron chi connectivity index (χ0n) is 5.24. The first-order valence-corrected chi connectivity index (χ1v) is 3.88. The molecule has 6 heteroatoms. The normalized spacial score (nSPS) is 10.2. The van der Waals surface area contributed by atoms with Gasteiger partial charge in [0.25, 0.3) is 0 Å². The first-order chi connectivity index (χ1) is 3.77. The van der Waals surface area contributed by atoms with Crippen LogP contribution in [0.2, 0.25) is 0 Å². The van der Waals surface area contributed by atoms with Gasteiger partial charge in [-0.15, -0.1) is 4.52 Å². The van der Waals surface area contributed by atoms with Crippen molar-refractivity contribution >= 4 is 20.9 Å². The van der Waals surface area contributed by atoms with Crippen LogP contribution in [0.1, 0.15) is 6.42 Å². The Morgan fingerprint density at radius 1 is 1.67 bits per heavy atom. The Morgan fingerprint density at radius 3 is 2.56 bits per heavy atom. The van der Waals surface area contributed by atoms with Crippen molar-refractivity contribution in [1.82, 2.24) is 0 Å². The zero-order chi connectivity index (χ0) is 6.41. The molecule has 48 valence electrons. The van der Waals surface area contributed by atoms with Crippen molar-refractivity contribution < 1.29 is 43.5 Å². The minimum atomic E-state index is -2.65. The van der Waals surface area contributed by atoms with E-state index in [0.717, 1.165) is 0 Å². The van der Waals surface area contributed by atoms with Gasteiger partial charge in [0.1, 0.15) is 6.61 Å². The molecular weight excluding hydrogens is 170 g/mol. The van der Waals surface area contributed by atoms with E-state index in [0.29, 0.717) is 12.2 Å². The van der Waals surface area contributed by atoms with E-state index in [1.807, 2.05) is 0 Å². The number of hydrogen-bond donors (Lipinski definition) is 1. The molecule has 0 aromatic carbocycles. The van der Waals surface area contributed by atoms with E-state index in [9.17, 15) is 9.46 Å². The molecule has 0 rings (SSSR count). The third-order valence-electron chi connectivity index (χ3n) is 0.499. The molecular formula is C3H7NaO3PS+. The van der Waals surface area contributed by atoms with Crippen molar-refractivity contribution in [1.29, 1.82) is 0 Å². The zero-order valence-corrected chi connectivity index (χ0v) is 9.03. The second-order valence-corrected chi connectivity index (χ2v) is 2.29. The molecule has 0 aliphatic rings. The average Bonchev–Trinajstić information content (AvgIpc) is 1.66. The van der Waals surface area contributed by atoms with Crippen LogP contribution in [-0.2, 0) is 9.09 Å². The summed E-state index contributed by atoms with van der Waals surface area (Å²) < 4.78 is 13.9. The number of thiol groups is 1. The van der Waals surface area contributed by atoms with Gasteiger partial charge in [-0.2, -0.15) is 12.6 Å². The first-order valence-electron chi connectivity index (χ1n) is 2.15. The van der Waals surface area contributed by atoms with Crippen LogP contribution in [0.15, 0.2) is 0 Å². The molecule has 0 fully saturated rings. The van der Waals surface area contributed by atoms with Gasteiger partial charge >= 0.3 is 37.8 Å². The monoisotopic (exact) mass is 177 g/mol. The van der Waals surface area contributed by atoms with E-state index in [1.165, 1.54) is 0 Å². The van der Waals surface area contributed by atoms with E-state index >= 15 is 0 Å². The van der Waals surface area contributed by atoms with Crippen molar-refractivity contribution in [3.63, 3.8) is 0 Å². The second kappa shape index (κ2) is 9.37. The Morgan fingerprint density at radius 2 is 2.22 bits per heavy atom. The molecule has 0 aliphatic heterocycles. The molecule has 0 aromatic heterocycles. The molecule has 0 aromatic rings. The molecule has 0 saturated carbocycles. The summed E-state index contributed by atoms with van der Waals surface area (Å²) in [5.74, 6) is 0.656. The molecule has 0 spiro atoms. The van der Waals surface area contributed by atoms with Crippen LogP contribution in [0.3, 0.4) is 0 Å². The van der Waals surface area contributed by atoms with Crippen LogP contribution in [-0.4, -0.2) is 12.4 Å². The van der Waals surface area contributed by atoms with Gasteiger partial charge in [-0.3, -0.25) is 0 Å². The maximum atomic E-state index is 9.66. The molecule has 0 heterocycles. The summed E-state index contributed by atoms with van der Waals surface area (Å²) >= 11 is 3.85. The van der Waals surface area contributed by atoms with E-state index in [2.05, 4.69) is 17.2 Å². The largest absolute Gasteiger partial charge is 1.00 e. The fourth-order valence-electron chi connectivity index (χ4n) is 0.204. The molecule has 0 saturated heterocycles. The molecule has 1 unspecified atom stereocenters. The molecule has 3 nitrogen and oxygen atoms in total. The van der Waals surface area contributed by atoms with Gasteiger partial charge in [0.05, 0.1) is 0 Å². The molecule has 0 aliphatic carbocycles. The van der Waals surface area contributed by atoms with Crippen LogP contribution in [0, 0.1) is 0 Å². The Kier molecular flexibility index (Phi) is 13.5. The Balaban J connectivity index is 0. The summed E-state index contributed by atoms with van der Waals surface area (Å²) in [5, 5.41) is 0. The maximum Gasteiger partial charge on any atom is 1.00 e. The van der Waals surface area contributed by atoms with Gasteiger partial charge in [-0.1, -0.05) is 0 Å². The maximum absolute atomic E-state index is 9.66. The predicted molar refractivity (Wildman–Crippen MR) is 32.0 cm³/mol. The quantitative estimate of drug-likeness (QED) is 0.221. The SMILES string of the molecule is O=[P+]([O-])OCCCS.[Na+]. The topological polar surface area (TPSA) is 49.4 Å². The Bertz CT molecular complexity index is 81.5. The average molecular weight is 177 g/mol. The van der Waals surface area contributed by atoms with E-state index in [4.69, 9.17) is 0 Å². The van der Waals surface area contributed by atoms with E-state index < -0.39 is 8.25 Å². The molecule has 9 heavy (non-hydrogen) atoms. The number of rotatable bonds is 4. The van der Waals surface area contributed by atoms with Gasteiger partial charge < -0.3 is 4.89 Å². The predicted octanol–water partition coefficient (Wildman–Crippen LogP) is -2.66. The van der Waals surface area contributed by atoms with Crippen molar-refractivity contribution in [3.8, 4) is 0 Å². The standard InChI is InChI=1S/C3H7O3PS.Na/c4-7(5)6-2-1-3-8;/h8H,1-3H2;/q;+1. The van der Waals surface area contributed by atoms with Gasteiger partial charge in [-0.25, -0.2) is 0 Å². The van der Waals surface area contributed by atoms with Crippen LogP contribution in [0.5, 0.6) is 0 Å².